The van der Waals surface area contributed by atoms with Crippen molar-refractivity contribution >= 4 is 5.78 Å². The summed E-state index contributed by atoms with van der Waals surface area (Å²) in [6.07, 6.45) is 5.05. The van der Waals surface area contributed by atoms with E-state index in [9.17, 15) is 4.79 Å². The lowest BCUT2D eigenvalue weighted by atomic mass is 10.1. The number of ether oxygens (including phenoxy) is 1. The van der Waals surface area contributed by atoms with Gasteiger partial charge in [0.25, 0.3) is 0 Å². The second kappa shape index (κ2) is 5.84. The van der Waals surface area contributed by atoms with Gasteiger partial charge in [0, 0.05) is 5.56 Å². The molecule has 78 valence electrons. The Balaban J connectivity index is 2.55. The van der Waals surface area contributed by atoms with E-state index in [0.717, 1.165) is 5.75 Å². The van der Waals surface area contributed by atoms with E-state index in [0.29, 0.717) is 12.1 Å². The van der Waals surface area contributed by atoms with E-state index in [1.807, 2.05) is 0 Å². The number of rotatable bonds is 5. The van der Waals surface area contributed by atoms with Crippen LogP contribution in [0.4, 0.5) is 0 Å². The van der Waals surface area contributed by atoms with Crippen LogP contribution in [0.25, 0.3) is 0 Å². The first-order valence-electron chi connectivity index (χ1n) is 4.59. The summed E-state index contributed by atoms with van der Waals surface area (Å²) in [7, 11) is 1.59. The minimum absolute atomic E-state index is 0.0212. The Bertz CT molecular complexity index is 362. The van der Waals surface area contributed by atoms with Gasteiger partial charge in [0.2, 0.25) is 0 Å². The number of terminal acetylenes is 1. The maximum atomic E-state index is 11.5. The maximum absolute atomic E-state index is 11.5. The summed E-state index contributed by atoms with van der Waals surface area (Å²) in [4.78, 5) is 11.5. The summed E-state index contributed by atoms with van der Waals surface area (Å²) >= 11 is 0. The molecular formula is C12H13NO2. The molecule has 0 fully saturated rings. The number of benzene rings is 1. The van der Waals surface area contributed by atoms with E-state index in [4.69, 9.17) is 11.2 Å². The molecule has 1 aromatic rings. The molecule has 0 atom stereocenters. The third-order valence-electron chi connectivity index (χ3n) is 1.92. The van der Waals surface area contributed by atoms with E-state index in [2.05, 4.69) is 11.2 Å². The topological polar surface area (TPSA) is 38.3 Å². The quantitative estimate of drug-likeness (QED) is 0.442. The van der Waals surface area contributed by atoms with Crippen LogP contribution in [0.2, 0.25) is 0 Å². The molecule has 0 aliphatic carbocycles. The first-order chi connectivity index (χ1) is 7.27. The number of Topliss-reactive ketones (excluding diaryl/α,β-unsaturated/α-hetero) is 1. The lowest BCUT2D eigenvalue weighted by molar-refractivity contribution is 0.0992. The summed E-state index contributed by atoms with van der Waals surface area (Å²) in [6, 6.07) is 6.99. The molecule has 1 rings (SSSR count). The molecule has 0 aliphatic rings. The van der Waals surface area contributed by atoms with Crippen LogP contribution in [0.1, 0.15) is 10.4 Å². The molecule has 0 unspecified atom stereocenters. The molecule has 0 bridgehead atoms. The standard InChI is InChI=1S/C12H13NO2/c1-3-8-13-9-12(14)10-4-6-11(15-2)7-5-10/h1,4-7,13H,8-9H2,2H3. The van der Waals surface area contributed by atoms with Gasteiger partial charge in [-0.05, 0) is 24.3 Å². The fourth-order valence-corrected chi connectivity index (χ4v) is 1.13. The van der Waals surface area contributed by atoms with Crippen molar-refractivity contribution in [3.63, 3.8) is 0 Å². The zero-order valence-electron chi connectivity index (χ0n) is 8.62. The minimum Gasteiger partial charge on any atom is -0.497 e. The van der Waals surface area contributed by atoms with Gasteiger partial charge in [-0.25, -0.2) is 0 Å². The van der Waals surface area contributed by atoms with E-state index < -0.39 is 0 Å². The van der Waals surface area contributed by atoms with E-state index in [-0.39, 0.29) is 12.3 Å². The lowest BCUT2D eigenvalue weighted by Crippen LogP contribution is -2.23. The van der Waals surface area contributed by atoms with Crippen molar-refractivity contribution < 1.29 is 9.53 Å². The zero-order chi connectivity index (χ0) is 11.1. The second-order valence-electron chi connectivity index (χ2n) is 2.96. The number of carbonyl (C=O) groups excluding carboxylic acids is 1. The summed E-state index contributed by atoms with van der Waals surface area (Å²) in [5, 5.41) is 2.85. The van der Waals surface area contributed by atoms with Crippen molar-refractivity contribution in [1.82, 2.24) is 5.32 Å². The van der Waals surface area contributed by atoms with Gasteiger partial charge >= 0.3 is 0 Å². The molecule has 3 nitrogen and oxygen atoms in total. The third-order valence-corrected chi connectivity index (χ3v) is 1.92. The molecule has 0 aromatic heterocycles. The first-order valence-corrected chi connectivity index (χ1v) is 4.59. The average Bonchev–Trinajstić information content (AvgIpc) is 2.29. The Hall–Kier alpha value is -1.79. The van der Waals surface area contributed by atoms with Crippen molar-refractivity contribution in [2.24, 2.45) is 0 Å². The number of carbonyl (C=O) groups is 1. The number of hydrogen-bond acceptors (Lipinski definition) is 3. The van der Waals surface area contributed by atoms with Crippen molar-refractivity contribution in [3.05, 3.63) is 29.8 Å². The number of hydrogen-bond donors (Lipinski definition) is 1. The van der Waals surface area contributed by atoms with Crippen LogP contribution in [0.15, 0.2) is 24.3 Å². The van der Waals surface area contributed by atoms with Crippen LogP contribution >= 0.6 is 0 Å². The molecule has 0 amide bonds. The normalized spacial score (nSPS) is 9.33. The SMILES string of the molecule is C#CCNCC(=O)c1ccc(OC)cc1. The van der Waals surface area contributed by atoms with Crippen LogP contribution < -0.4 is 10.1 Å². The summed E-state index contributed by atoms with van der Waals surface area (Å²) in [5.74, 6) is 3.17. The fraction of sp³-hybridized carbons (Fsp3) is 0.250. The minimum atomic E-state index is 0.0212. The van der Waals surface area contributed by atoms with Gasteiger partial charge < -0.3 is 4.74 Å². The van der Waals surface area contributed by atoms with Crippen LogP contribution in [0, 0.1) is 12.3 Å². The smallest absolute Gasteiger partial charge is 0.176 e. The van der Waals surface area contributed by atoms with Crippen LogP contribution in [-0.2, 0) is 0 Å². The summed E-state index contributed by atoms with van der Waals surface area (Å²) in [6.45, 7) is 0.665. The van der Waals surface area contributed by atoms with Gasteiger partial charge in [0.1, 0.15) is 5.75 Å². The van der Waals surface area contributed by atoms with Crippen molar-refractivity contribution in [1.29, 1.82) is 0 Å². The molecular weight excluding hydrogens is 190 g/mol. The Labute approximate surface area is 89.4 Å². The lowest BCUT2D eigenvalue weighted by Gasteiger charge is -2.02. The highest BCUT2D eigenvalue weighted by atomic mass is 16.5. The van der Waals surface area contributed by atoms with Gasteiger partial charge in [0.15, 0.2) is 5.78 Å². The highest BCUT2D eigenvalue weighted by molar-refractivity contribution is 5.97. The molecule has 3 heteroatoms. The Morgan fingerprint density at radius 3 is 2.67 bits per heavy atom. The number of ketones is 1. The first kappa shape index (κ1) is 11.3. The fourth-order valence-electron chi connectivity index (χ4n) is 1.13. The Morgan fingerprint density at radius 2 is 2.13 bits per heavy atom. The summed E-state index contributed by atoms with van der Waals surface area (Å²) < 4.78 is 4.99. The third kappa shape index (κ3) is 3.45. The molecule has 0 aliphatic heterocycles. The number of methoxy groups -OCH3 is 1. The molecule has 1 aromatic carbocycles. The molecule has 0 spiro atoms. The molecule has 0 heterocycles. The summed E-state index contributed by atoms with van der Waals surface area (Å²) in [5.41, 5.74) is 0.653. The zero-order valence-corrected chi connectivity index (χ0v) is 8.62. The van der Waals surface area contributed by atoms with Crippen LogP contribution in [0.5, 0.6) is 5.75 Å². The van der Waals surface area contributed by atoms with Crippen LogP contribution in [-0.4, -0.2) is 26.0 Å². The highest BCUT2D eigenvalue weighted by Crippen LogP contribution is 2.11. The Morgan fingerprint density at radius 1 is 1.47 bits per heavy atom. The van der Waals surface area contributed by atoms with Gasteiger partial charge in [-0.15, -0.1) is 6.42 Å². The van der Waals surface area contributed by atoms with E-state index in [1.165, 1.54) is 0 Å². The van der Waals surface area contributed by atoms with E-state index in [1.54, 1.807) is 31.4 Å². The van der Waals surface area contributed by atoms with E-state index >= 15 is 0 Å². The van der Waals surface area contributed by atoms with Gasteiger partial charge in [-0.3, -0.25) is 10.1 Å². The largest absolute Gasteiger partial charge is 0.497 e. The second-order valence-corrected chi connectivity index (χ2v) is 2.96. The predicted octanol–water partition coefficient (Wildman–Crippen LogP) is 1.10. The average molecular weight is 203 g/mol. The van der Waals surface area contributed by atoms with Crippen molar-refractivity contribution in [3.8, 4) is 18.1 Å². The highest BCUT2D eigenvalue weighted by Gasteiger charge is 2.04. The molecule has 1 N–H and O–H groups in total. The van der Waals surface area contributed by atoms with Gasteiger partial charge in [-0.2, -0.15) is 0 Å². The molecule has 0 radical (unpaired) electrons. The maximum Gasteiger partial charge on any atom is 0.176 e. The van der Waals surface area contributed by atoms with Crippen LogP contribution in [0.3, 0.4) is 0 Å². The Kier molecular flexibility index (Phi) is 4.39. The predicted molar refractivity (Wildman–Crippen MR) is 59.0 cm³/mol. The monoisotopic (exact) mass is 203 g/mol. The molecule has 0 saturated carbocycles. The number of nitrogens with one attached hydrogen (secondary N) is 1. The van der Waals surface area contributed by atoms with Crippen molar-refractivity contribution in [2.45, 2.75) is 0 Å². The van der Waals surface area contributed by atoms with Gasteiger partial charge in [-0.1, -0.05) is 5.92 Å². The van der Waals surface area contributed by atoms with Crippen molar-refractivity contribution in [2.75, 3.05) is 20.2 Å². The molecule has 15 heavy (non-hydrogen) atoms. The molecule has 0 saturated heterocycles. The van der Waals surface area contributed by atoms with Gasteiger partial charge in [0.05, 0.1) is 20.2 Å².